The third-order valence-electron chi connectivity index (χ3n) is 3.89. The molecule has 0 aromatic carbocycles. The van der Waals surface area contributed by atoms with E-state index in [-0.39, 0.29) is 5.91 Å². The van der Waals surface area contributed by atoms with Crippen molar-refractivity contribution in [2.45, 2.75) is 6.42 Å². The lowest BCUT2D eigenvalue weighted by Gasteiger charge is -2.34. The molecule has 0 atom stereocenters. The SMILES string of the molecule is O=C(NCCCN1CCN(c2ncccn2)CC1)c1ccco1. The lowest BCUT2D eigenvalue weighted by molar-refractivity contribution is 0.0924. The van der Waals surface area contributed by atoms with Gasteiger partial charge in [-0.15, -0.1) is 0 Å². The second kappa shape index (κ2) is 7.73. The molecule has 0 bridgehead atoms. The van der Waals surface area contributed by atoms with E-state index in [1.807, 2.05) is 6.07 Å². The van der Waals surface area contributed by atoms with Crippen LogP contribution in [0.2, 0.25) is 0 Å². The zero-order valence-corrected chi connectivity index (χ0v) is 13.0. The molecule has 23 heavy (non-hydrogen) atoms. The quantitative estimate of drug-likeness (QED) is 0.802. The Morgan fingerprint density at radius 1 is 1.17 bits per heavy atom. The topological polar surface area (TPSA) is 74.5 Å². The first-order valence-corrected chi connectivity index (χ1v) is 7.89. The van der Waals surface area contributed by atoms with Crippen molar-refractivity contribution in [3.05, 3.63) is 42.6 Å². The molecule has 1 N–H and O–H groups in total. The van der Waals surface area contributed by atoms with Gasteiger partial charge in [-0.3, -0.25) is 9.69 Å². The number of carbonyl (C=O) groups is 1. The van der Waals surface area contributed by atoms with Crippen LogP contribution in [0, 0.1) is 0 Å². The summed E-state index contributed by atoms with van der Waals surface area (Å²) in [6, 6.07) is 5.21. The molecule has 0 unspecified atom stereocenters. The van der Waals surface area contributed by atoms with Gasteiger partial charge in [-0.05, 0) is 31.2 Å². The monoisotopic (exact) mass is 315 g/mol. The molecule has 0 saturated carbocycles. The number of aromatic nitrogens is 2. The smallest absolute Gasteiger partial charge is 0.286 e. The predicted molar refractivity (Wildman–Crippen MR) is 86.3 cm³/mol. The lowest BCUT2D eigenvalue weighted by atomic mass is 10.3. The van der Waals surface area contributed by atoms with Gasteiger partial charge in [0, 0.05) is 45.1 Å². The van der Waals surface area contributed by atoms with Crippen molar-refractivity contribution in [2.24, 2.45) is 0 Å². The zero-order chi connectivity index (χ0) is 15.9. The minimum Gasteiger partial charge on any atom is -0.459 e. The third kappa shape index (κ3) is 4.29. The van der Waals surface area contributed by atoms with Gasteiger partial charge >= 0.3 is 0 Å². The number of amides is 1. The largest absolute Gasteiger partial charge is 0.459 e. The van der Waals surface area contributed by atoms with Crippen LogP contribution in [0.1, 0.15) is 17.0 Å². The summed E-state index contributed by atoms with van der Waals surface area (Å²) < 4.78 is 5.06. The van der Waals surface area contributed by atoms with E-state index in [0.717, 1.165) is 45.1 Å². The normalized spacial score (nSPS) is 15.6. The molecule has 7 nitrogen and oxygen atoms in total. The summed E-state index contributed by atoms with van der Waals surface area (Å²) in [6.07, 6.45) is 5.98. The van der Waals surface area contributed by atoms with Crippen LogP contribution >= 0.6 is 0 Å². The number of hydrogen-bond donors (Lipinski definition) is 1. The van der Waals surface area contributed by atoms with Crippen LogP contribution in [0.3, 0.4) is 0 Å². The number of carbonyl (C=O) groups excluding carboxylic acids is 1. The van der Waals surface area contributed by atoms with Gasteiger partial charge in [-0.2, -0.15) is 0 Å². The lowest BCUT2D eigenvalue weighted by Crippen LogP contribution is -2.47. The Morgan fingerprint density at radius 3 is 2.65 bits per heavy atom. The molecule has 122 valence electrons. The Morgan fingerprint density at radius 2 is 1.96 bits per heavy atom. The van der Waals surface area contributed by atoms with Crippen molar-refractivity contribution in [3.8, 4) is 0 Å². The number of hydrogen-bond acceptors (Lipinski definition) is 6. The van der Waals surface area contributed by atoms with Crippen molar-refractivity contribution in [3.63, 3.8) is 0 Å². The van der Waals surface area contributed by atoms with E-state index in [9.17, 15) is 4.79 Å². The van der Waals surface area contributed by atoms with E-state index in [1.165, 1.54) is 6.26 Å². The van der Waals surface area contributed by atoms with Gasteiger partial charge in [0.1, 0.15) is 0 Å². The Labute approximate surface area is 135 Å². The van der Waals surface area contributed by atoms with Crippen LogP contribution in [0.4, 0.5) is 5.95 Å². The van der Waals surface area contributed by atoms with E-state index in [1.54, 1.807) is 24.5 Å². The molecule has 0 aliphatic carbocycles. The van der Waals surface area contributed by atoms with E-state index < -0.39 is 0 Å². The highest BCUT2D eigenvalue weighted by Crippen LogP contribution is 2.09. The minimum absolute atomic E-state index is 0.152. The maximum Gasteiger partial charge on any atom is 0.286 e. The van der Waals surface area contributed by atoms with Crippen LogP contribution in [0.5, 0.6) is 0 Å². The summed E-state index contributed by atoms with van der Waals surface area (Å²) in [5.74, 6) is 1.01. The third-order valence-corrected chi connectivity index (χ3v) is 3.89. The molecule has 1 aliphatic rings. The average Bonchev–Trinajstić information content (AvgIpc) is 3.15. The highest BCUT2D eigenvalue weighted by molar-refractivity contribution is 5.91. The molecule has 3 heterocycles. The van der Waals surface area contributed by atoms with Gasteiger partial charge in [-0.1, -0.05) is 0 Å². The van der Waals surface area contributed by atoms with Crippen LogP contribution in [0.25, 0.3) is 0 Å². The Bertz CT molecular complexity index is 594. The van der Waals surface area contributed by atoms with Gasteiger partial charge in [0.05, 0.1) is 6.26 Å². The fourth-order valence-corrected chi connectivity index (χ4v) is 2.63. The highest BCUT2D eigenvalue weighted by atomic mass is 16.3. The molecule has 0 spiro atoms. The first-order chi connectivity index (χ1) is 11.3. The van der Waals surface area contributed by atoms with Crippen molar-refractivity contribution in [2.75, 3.05) is 44.2 Å². The number of nitrogens with zero attached hydrogens (tertiary/aromatic N) is 4. The molecule has 7 heteroatoms. The summed E-state index contributed by atoms with van der Waals surface area (Å²) in [6.45, 7) is 5.48. The molecule has 0 radical (unpaired) electrons. The molecule has 1 saturated heterocycles. The fraction of sp³-hybridized carbons (Fsp3) is 0.438. The van der Waals surface area contributed by atoms with Gasteiger partial charge in [0.2, 0.25) is 5.95 Å². The van der Waals surface area contributed by atoms with Crippen LogP contribution < -0.4 is 10.2 Å². The Hall–Kier alpha value is -2.41. The predicted octanol–water partition coefficient (Wildman–Crippen LogP) is 1.01. The Balaban J connectivity index is 1.33. The molecular weight excluding hydrogens is 294 g/mol. The fourth-order valence-electron chi connectivity index (χ4n) is 2.63. The Kier molecular flexibility index (Phi) is 5.21. The van der Waals surface area contributed by atoms with E-state index in [4.69, 9.17) is 4.42 Å². The molecule has 1 fully saturated rings. The number of furan rings is 1. The zero-order valence-electron chi connectivity index (χ0n) is 13.0. The summed E-state index contributed by atoms with van der Waals surface area (Å²) in [7, 11) is 0. The van der Waals surface area contributed by atoms with E-state index >= 15 is 0 Å². The summed E-state index contributed by atoms with van der Waals surface area (Å²) in [5.41, 5.74) is 0. The van der Waals surface area contributed by atoms with Gasteiger partial charge in [-0.25, -0.2) is 9.97 Å². The second-order valence-corrected chi connectivity index (χ2v) is 5.46. The number of nitrogens with one attached hydrogen (secondary N) is 1. The summed E-state index contributed by atoms with van der Waals surface area (Å²) in [4.78, 5) is 24.9. The van der Waals surface area contributed by atoms with Gasteiger partial charge < -0.3 is 14.6 Å². The summed E-state index contributed by atoms with van der Waals surface area (Å²) >= 11 is 0. The van der Waals surface area contributed by atoms with Gasteiger partial charge in [0.15, 0.2) is 5.76 Å². The first-order valence-electron chi connectivity index (χ1n) is 7.89. The van der Waals surface area contributed by atoms with E-state index in [0.29, 0.717) is 12.3 Å². The summed E-state index contributed by atoms with van der Waals surface area (Å²) in [5, 5.41) is 2.87. The molecular formula is C16H21N5O2. The van der Waals surface area contributed by atoms with Crippen molar-refractivity contribution in [1.82, 2.24) is 20.2 Å². The van der Waals surface area contributed by atoms with Crippen LogP contribution in [-0.4, -0.2) is 60.0 Å². The minimum atomic E-state index is -0.152. The first kappa shape index (κ1) is 15.5. The van der Waals surface area contributed by atoms with E-state index in [2.05, 4.69) is 25.1 Å². The molecule has 2 aromatic heterocycles. The molecule has 2 aromatic rings. The van der Waals surface area contributed by atoms with Gasteiger partial charge in [0.25, 0.3) is 5.91 Å². The van der Waals surface area contributed by atoms with Crippen molar-refractivity contribution >= 4 is 11.9 Å². The van der Waals surface area contributed by atoms with Crippen molar-refractivity contribution < 1.29 is 9.21 Å². The molecule has 1 amide bonds. The van der Waals surface area contributed by atoms with Crippen LogP contribution in [0.15, 0.2) is 41.3 Å². The standard InChI is InChI=1S/C16H21N5O2/c22-15(14-4-1-13-23-14)17-7-3-8-20-9-11-21(12-10-20)16-18-5-2-6-19-16/h1-2,4-6,13H,3,7-12H2,(H,17,22). The van der Waals surface area contributed by atoms with Crippen molar-refractivity contribution in [1.29, 1.82) is 0 Å². The maximum absolute atomic E-state index is 11.7. The number of anilines is 1. The molecule has 3 rings (SSSR count). The average molecular weight is 315 g/mol. The second-order valence-electron chi connectivity index (χ2n) is 5.46. The number of piperazine rings is 1. The van der Waals surface area contributed by atoms with Crippen LogP contribution in [-0.2, 0) is 0 Å². The number of rotatable bonds is 6. The maximum atomic E-state index is 11.7. The highest BCUT2D eigenvalue weighted by Gasteiger charge is 2.18. The molecule has 1 aliphatic heterocycles.